The number of benzene rings is 1. The lowest BCUT2D eigenvalue weighted by atomic mass is 9.96. The van der Waals surface area contributed by atoms with Crippen LogP contribution >= 0.6 is 12.4 Å². The van der Waals surface area contributed by atoms with Crippen LogP contribution in [0.1, 0.15) is 32.3 Å². The maximum absolute atomic E-state index is 12.1. The standard InChI is InChI=1S/C14H23N3O3S.ClH/c1-5-8-14(3,15)13(18)17-11-7-6-10(2)12(9-11)21(19,20)16-4;/h6-7,9,16H,5,8,15H2,1-4H3,(H,17,18);1H. The topological polar surface area (TPSA) is 101 Å². The molecule has 0 aromatic heterocycles. The number of hydrogen-bond donors (Lipinski definition) is 3. The molecule has 4 N–H and O–H groups in total. The van der Waals surface area contributed by atoms with E-state index >= 15 is 0 Å². The van der Waals surface area contributed by atoms with Gasteiger partial charge < -0.3 is 11.1 Å². The Labute approximate surface area is 138 Å². The Hall–Kier alpha value is -1.15. The van der Waals surface area contributed by atoms with Crippen LogP contribution < -0.4 is 15.8 Å². The SMILES string of the molecule is CCCC(C)(N)C(=O)Nc1ccc(C)c(S(=O)(=O)NC)c1.Cl. The number of nitrogens with two attached hydrogens (primary N) is 1. The van der Waals surface area contributed by atoms with Gasteiger partial charge in [0, 0.05) is 5.69 Å². The maximum atomic E-state index is 12.1. The first-order valence-electron chi connectivity index (χ1n) is 6.78. The van der Waals surface area contributed by atoms with Crippen LogP contribution in [0.15, 0.2) is 23.1 Å². The predicted molar refractivity (Wildman–Crippen MR) is 90.8 cm³/mol. The summed E-state index contributed by atoms with van der Waals surface area (Å²) in [5.74, 6) is -0.332. The van der Waals surface area contributed by atoms with Crippen LogP contribution in [0, 0.1) is 6.92 Å². The molecule has 0 saturated heterocycles. The fourth-order valence-corrected chi connectivity index (χ4v) is 2.98. The Morgan fingerprint density at radius 3 is 2.45 bits per heavy atom. The van der Waals surface area contributed by atoms with E-state index in [1.807, 2.05) is 6.92 Å². The number of carbonyl (C=O) groups excluding carboxylic acids is 1. The van der Waals surface area contributed by atoms with Gasteiger partial charge in [-0.3, -0.25) is 4.79 Å². The van der Waals surface area contributed by atoms with Gasteiger partial charge >= 0.3 is 0 Å². The highest BCUT2D eigenvalue weighted by atomic mass is 35.5. The summed E-state index contributed by atoms with van der Waals surface area (Å²) < 4.78 is 26.1. The molecule has 1 aromatic rings. The van der Waals surface area contributed by atoms with Crippen LogP contribution in [-0.4, -0.2) is 26.9 Å². The lowest BCUT2D eigenvalue weighted by Gasteiger charge is -2.23. The minimum absolute atomic E-state index is 0. The van der Waals surface area contributed by atoms with Crippen LogP contribution in [0.25, 0.3) is 0 Å². The summed E-state index contributed by atoms with van der Waals surface area (Å²) in [6.07, 6.45) is 1.33. The first kappa shape index (κ1) is 20.9. The average molecular weight is 350 g/mol. The highest BCUT2D eigenvalue weighted by Crippen LogP contribution is 2.21. The fraction of sp³-hybridized carbons (Fsp3) is 0.500. The van der Waals surface area contributed by atoms with Crippen molar-refractivity contribution in [3.8, 4) is 0 Å². The third-order valence-electron chi connectivity index (χ3n) is 3.29. The first-order chi connectivity index (χ1) is 9.64. The molecule has 0 heterocycles. The molecular weight excluding hydrogens is 326 g/mol. The van der Waals surface area contributed by atoms with E-state index < -0.39 is 15.6 Å². The highest BCUT2D eigenvalue weighted by molar-refractivity contribution is 7.89. The van der Waals surface area contributed by atoms with E-state index in [2.05, 4.69) is 10.0 Å². The van der Waals surface area contributed by atoms with E-state index in [1.54, 1.807) is 26.0 Å². The van der Waals surface area contributed by atoms with Crippen molar-refractivity contribution in [2.24, 2.45) is 5.73 Å². The van der Waals surface area contributed by atoms with Crippen molar-refractivity contribution in [1.29, 1.82) is 0 Å². The molecule has 1 aromatic carbocycles. The Balaban J connectivity index is 0.00000441. The summed E-state index contributed by atoms with van der Waals surface area (Å²) >= 11 is 0. The zero-order valence-corrected chi connectivity index (χ0v) is 14.9. The third-order valence-corrected chi connectivity index (χ3v) is 4.85. The summed E-state index contributed by atoms with van der Waals surface area (Å²) in [6.45, 7) is 5.30. The van der Waals surface area contributed by atoms with Gasteiger partial charge in [0.25, 0.3) is 0 Å². The number of nitrogens with one attached hydrogen (secondary N) is 2. The Bertz CT molecular complexity index is 630. The molecule has 0 aliphatic rings. The number of amides is 1. The van der Waals surface area contributed by atoms with Gasteiger partial charge in [-0.15, -0.1) is 12.4 Å². The largest absolute Gasteiger partial charge is 0.324 e. The summed E-state index contributed by atoms with van der Waals surface area (Å²) in [7, 11) is -2.22. The van der Waals surface area contributed by atoms with E-state index in [9.17, 15) is 13.2 Å². The summed E-state index contributed by atoms with van der Waals surface area (Å²) in [4.78, 5) is 12.3. The minimum Gasteiger partial charge on any atom is -0.324 e. The molecule has 0 saturated carbocycles. The van der Waals surface area contributed by atoms with E-state index in [0.29, 0.717) is 17.7 Å². The fourth-order valence-electron chi connectivity index (χ4n) is 1.98. The molecule has 1 amide bonds. The van der Waals surface area contributed by atoms with Crippen molar-refractivity contribution in [2.75, 3.05) is 12.4 Å². The molecule has 1 rings (SSSR count). The van der Waals surface area contributed by atoms with E-state index in [4.69, 9.17) is 5.73 Å². The number of carbonyl (C=O) groups is 1. The van der Waals surface area contributed by atoms with Crippen molar-refractivity contribution in [3.05, 3.63) is 23.8 Å². The molecule has 22 heavy (non-hydrogen) atoms. The van der Waals surface area contributed by atoms with Gasteiger partial charge in [0.1, 0.15) is 0 Å². The third kappa shape index (κ3) is 4.95. The summed E-state index contributed by atoms with van der Waals surface area (Å²) in [5, 5.41) is 2.67. The van der Waals surface area contributed by atoms with Crippen LogP contribution in [0.5, 0.6) is 0 Å². The highest BCUT2D eigenvalue weighted by Gasteiger charge is 2.27. The van der Waals surface area contributed by atoms with E-state index in [1.165, 1.54) is 13.1 Å². The molecule has 126 valence electrons. The molecule has 6 nitrogen and oxygen atoms in total. The number of rotatable bonds is 6. The monoisotopic (exact) mass is 349 g/mol. The van der Waals surface area contributed by atoms with Gasteiger partial charge in [-0.2, -0.15) is 0 Å². The van der Waals surface area contributed by atoms with Crippen LogP contribution in [-0.2, 0) is 14.8 Å². The molecule has 0 spiro atoms. The van der Waals surface area contributed by atoms with Gasteiger partial charge in [-0.1, -0.05) is 19.4 Å². The van der Waals surface area contributed by atoms with Crippen molar-refractivity contribution in [1.82, 2.24) is 4.72 Å². The van der Waals surface area contributed by atoms with Gasteiger partial charge in [0.2, 0.25) is 15.9 Å². The number of halogens is 1. The number of sulfonamides is 1. The van der Waals surface area contributed by atoms with Crippen molar-refractivity contribution in [2.45, 2.75) is 44.0 Å². The number of hydrogen-bond acceptors (Lipinski definition) is 4. The average Bonchev–Trinajstić information content (AvgIpc) is 2.40. The van der Waals surface area contributed by atoms with Crippen molar-refractivity contribution >= 4 is 34.0 Å². The van der Waals surface area contributed by atoms with E-state index in [-0.39, 0.29) is 23.2 Å². The normalized spacial score (nSPS) is 13.9. The minimum atomic E-state index is -3.57. The Kier molecular flexibility index (Phi) is 7.50. The quantitative estimate of drug-likeness (QED) is 0.728. The summed E-state index contributed by atoms with van der Waals surface area (Å²) in [5.41, 5.74) is 5.98. The number of anilines is 1. The van der Waals surface area contributed by atoms with E-state index in [0.717, 1.165) is 6.42 Å². The molecule has 1 unspecified atom stereocenters. The number of aryl methyl sites for hydroxylation is 1. The second kappa shape index (κ2) is 7.92. The first-order valence-corrected chi connectivity index (χ1v) is 8.27. The summed E-state index contributed by atoms with van der Waals surface area (Å²) in [6, 6.07) is 4.73. The van der Waals surface area contributed by atoms with Crippen molar-refractivity contribution in [3.63, 3.8) is 0 Å². The second-order valence-electron chi connectivity index (χ2n) is 5.31. The predicted octanol–water partition coefficient (Wildman–Crippen LogP) is 1.78. The Morgan fingerprint density at radius 2 is 1.95 bits per heavy atom. The molecule has 0 aliphatic carbocycles. The molecule has 0 aliphatic heterocycles. The van der Waals surface area contributed by atoms with Gasteiger partial charge in [0.15, 0.2) is 0 Å². The maximum Gasteiger partial charge on any atom is 0.244 e. The van der Waals surface area contributed by atoms with Gasteiger partial charge in [-0.05, 0) is 45.0 Å². The van der Waals surface area contributed by atoms with Crippen LogP contribution in [0.3, 0.4) is 0 Å². The van der Waals surface area contributed by atoms with Gasteiger partial charge in [0.05, 0.1) is 10.4 Å². The lowest BCUT2D eigenvalue weighted by molar-refractivity contribution is -0.120. The molecule has 0 bridgehead atoms. The van der Waals surface area contributed by atoms with Gasteiger partial charge in [-0.25, -0.2) is 13.1 Å². The lowest BCUT2D eigenvalue weighted by Crippen LogP contribution is -2.48. The molecule has 1 atom stereocenters. The van der Waals surface area contributed by atoms with Crippen LogP contribution in [0.4, 0.5) is 5.69 Å². The zero-order valence-electron chi connectivity index (χ0n) is 13.3. The molecule has 0 fully saturated rings. The second-order valence-corrected chi connectivity index (χ2v) is 7.16. The molecule has 8 heteroatoms. The smallest absolute Gasteiger partial charge is 0.244 e. The van der Waals surface area contributed by atoms with Crippen LogP contribution in [0.2, 0.25) is 0 Å². The molecule has 0 radical (unpaired) electrons. The molecular formula is C14H24ClN3O3S. The Morgan fingerprint density at radius 1 is 1.36 bits per heavy atom. The zero-order chi connectivity index (χ0) is 16.3. The van der Waals surface area contributed by atoms with Crippen molar-refractivity contribution < 1.29 is 13.2 Å².